The van der Waals surface area contributed by atoms with Gasteiger partial charge in [-0.25, -0.2) is 8.78 Å². The lowest BCUT2D eigenvalue weighted by molar-refractivity contribution is 0.220. The molecule has 78 valence electrons. The van der Waals surface area contributed by atoms with E-state index < -0.39 is 17.7 Å². The standard InChI is InChI=1S/C11H8F2OS/c12-9-2-1-7(5-10(9)13)11(14)8-3-4-15-6-8/h1-6,11,14H/t11-/m0/s1. The van der Waals surface area contributed by atoms with Gasteiger partial charge in [-0.05, 0) is 40.1 Å². The molecule has 2 aromatic rings. The van der Waals surface area contributed by atoms with Gasteiger partial charge in [0.2, 0.25) is 0 Å². The second-order valence-electron chi connectivity index (χ2n) is 3.13. The van der Waals surface area contributed by atoms with Gasteiger partial charge in [0.05, 0.1) is 0 Å². The van der Waals surface area contributed by atoms with E-state index in [9.17, 15) is 13.9 Å². The van der Waals surface area contributed by atoms with Crippen LogP contribution >= 0.6 is 11.3 Å². The van der Waals surface area contributed by atoms with Crippen molar-refractivity contribution in [2.75, 3.05) is 0 Å². The van der Waals surface area contributed by atoms with Crippen molar-refractivity contribution in [3.63, 3.8) is 0 Å². The van der Waals surface area contributed by atoms with Gasteiger partial charge >= 0.3 is 0 Å². The normalized spacial score (nSPS) is 12.7. The van der Waals surface area contributed by atoms with Crippen molar-refractivity contribution in [1.82, 2.24) is 0 Å². The molecule has 0 fully saturated rings. The predicted octanol–water partition coefficient (Wildman–Crippen LogP) is 3.11. The quantitative estimate of drug-likeness (QED) is 0.834. The Labute approximate surface area is 89.6 Å². The van der Waals surface area contributed by atoms with E-state index in [1.54, 1.807) is 11.4 Å². The van der Waals surface area contributed by atoms with Gasteiger partial charge in [-0.1, -0.05) is 6.07 Å². The van der Waals surface area contributed by atoms with E-state index in [1.165, 1.54) is 17.4 Å². The number of benzene rings is 1. The highest BCUT2D eigenvalue weighted by atomic mass is 32.1. The fourth-order valence-electron chi connectivity index (χ4n) is 1.31. The summed E-state index contributed by atoms with van der Waals surface area (Å²) in [5, 5.41) is 13.4. The number of hydrogen-bond donors (Lipinski definition) is 1. The fraction of sp³-hybridized carbons (Fsp3) is 0.0909. The molecule has 0 unspecified atom stereocenters. The number of thiophene rings is 1. The molecule has 0 saturated carbocycles. The summed E-state index contributed by atoms with van der Waals surface area (Å²) >= 11 is 1.44. The van der Waals surface area contributed by atoms with E-state index in [4.69, 9.17) is 0 Å². The van der Waals surface area contributed by atoms with Crippen LogP contribution in [0.1, 0.15) is 17.2 Å². The maximum atomic E-state index is 12.9. The third-order valence-electron chi connectivity index (χ3n) is 2.12. The molecule has 1 aromatic carbocycles. The summed E-state index contributed by atoms with van der Waals surface area (Å²) in [4.78, 5) is 0. The number of halogens is 2. The zero-order valence-electron chi connectivity index (χ0n) is 7.65. The highest BCUT2D eigenvalue weighted by Crippen LogP contribution is 2.24. The van der Waals surface area contributed by atoms with Crippen LogP contribution in [0, 0.1) is 11.6 Å². The van der Waals surface area contributed by atoms with Gasteiger partial charge in [0.1, 0.15) is 6.10 Å². The van der Waals surface area contributed by atoms with Gasteiger partial charge in [0, 0.05) is 0 Å². The summed E-state index contributed by atoms with van der Waals surface area (Å²) in [6, 6.07) is 5.15. The smallest absolute Gasteiger partial charge is 0.159 e. The van der Waals surface area contributed by atoms with Crippen molar-refractivity contribution in [3.05, 3.63) is 57.8 Å². The Bertz CT molecular complexity index is 454. The van der Waals surface area contributed by atoms with Crippen LogP contribution in [0.4, 0.5) is 8.78 Å². The summed E-state index contributed by atoms with van der Waals surface area (Å²) < 4.78 is 25.5. The largest absolute Gasteiger partial charge is 0.384 e. The highest BCUT2D eigenvalue weighted by molar-refractivity contribution is 7.07. The molecule has 4 heteroatoms. The molecule has 15 heavy (non-hydrogen) atoms. The minimum atomic E-state index is -0.943. The van der Waals surface area contributed by atoms with Crippen molar-refractivity contribution < 1.29 is 13.9 Å². The van der Waals surface area contributed by atoms with E-state index in [1.807, 2.05) is 5.38 Å². The molecule has 0 aliphatic rings. The molecule has 0 aliphatic carbocycles. The first-order valence-corrected chi connectivity index (χ1v) is 5.28. The molecule has 0 aliphatic heterocycles. The van der Waals surface area contributed by atoms with Crippen LogP contribution in [0.15, 0.2) is 35.0 Å². The van der Waals surface area contributed by atoms with E-state index in [-0.39, 0.29) is 0 Å². The summed E-state index contributed by atoms with van der Waals surface area (Å²) in [6.45, 7) is 0. The molecular formula is C11H8F2OS. The minimum Gasteiger partial charge on any atom is -0.384 e. The molecule has 1 heterocycles. The van der Waals surface area contributed by atoms with Gasteiger partial charge < -0.3 is 5.11 Å². The Morgan fingerprint density at radius 1 is 1.07 bits per heavy atom. The molecule has 0 amide bonds. The maximum Gasteiger partial charge on any atom is 0.159 e. The second-order valence-corrected chi connectivity index (χ2v) is 3.91. The van der Waals surface area contributed by atoms with E-state index in [0.717, 1.165) is 12.1 Å². The van der Waals surface area contributed by atoms with Crippen molar-refractivity contribution in [1.29, 1.82) is 0 Å². The molecule has 1 atom stereocenters. The van der Waals surface area contributed by atoms with Gasteiger partial charge in [0.25, 0.3) is 0 Å². The summed E-state index contributed by atoms with van der Waals surface area (Å²) in [5.41, 5.74) is 1.04. The Morgan fingerprint density at radius 2 is 1.87 bits per heavy atom. The average Bonchev–Trinajstić information content (AvgIpc) is 2.74. The SMILES string of the molecule is O[C@H](c1ccsc1)c1ccc(F)c(F)c1. The Balaban J connectivity index is 2.34. The first kappa shape index (κ1) is 10.3. The molecule has 0 spiro atoms. The van der Waals surface area contributed by atoms with E-state index in [2.05, 4.69) is 0 Å². The van der Waals surface area contributed by atoms with Crippen molar-refractivity contribution >= 4 is 11.3 Å². The lowest BCUT2D eigenvalue weighted by atomic mass is 10.0. The first-order valence-electron chi connectivity index (χ1n) is 4.33. The van der Waals surface area contributed by atoms with Crippen LogP contribution in [0.5, 0.6) is 0 Å². The van der Waals surface area contributed by atoms with Crippen LogP contribution in [0.2, 0.25) is 0 Å². The van der Waals surface area contributed by atoms with Crippen molar-refractivity contribution in [2.24, 2.45) is 0 Å². The third kappa shape index (κ3) is 2.06. The monoisotopic (exact) mass is 226 g/mol. The average molecular weight is 226 g/mol. The zero-order valence-corrected chi connectivity index (χ0v) is 8.47. The van der Waals surface area contributed by atoms with Crippen molar-refractivity contribution in [2.45, 2.75) is 6.10 Å². The molecule has 0 radical (unpaired) electrons. The lowest BCUT2D eigenvalue weighted by Gasteiger charge is -2.09. The molecule has 2 rings (SSSR count). The van der Waals surface area contributed by atoms with Crippen LogP contribution in [-0.4, -0.2) is 5.11 Å². The van der Waals surface area contributed by atoms with Crippen LogP contribution in [0.3, 0.4) is 0 Å². The second kappa shape index (κ2) is 4.08. The summed E-state index contributed by atoms with van der Waals surface area (Å²) in [6.07, 6.45) is -0.897. The van der Waals surface area contributed by atoms with Crippen LogP contribution in [-0.2, 0) is 0 Å². The van der Waals surface area contributed by atoms with E-state index in [0.29, 0.717) is 11.1 Å². The molecule has 1 aromatic heterocycles. The van der Waals surface area contributed by atoms with Gasteiger partial charge in [-0.15, -0.1) is 0 Å². The predicted molar refractivity (Wildman–Crippen MR) is 54.7 cm³/mol. The molecule has 0 bridgehead atoms. The molecule has 1 N–H and O–H groups in total. The topological polar surface area (TPSA) is 20.2 Å². The van der Waals surface area contributed by atoms with Crippen LogP contribution in [0.25, 0.3) is 0 Å². The molecule has 1 nitrogen and oxygen atoms in total. The Hall–Kier alpha value is -1.26. The van der Waals surface area contributed by atoms with Gasteiger partial charge in [-0.3, -0.25) is 0 Å². The number of hydrogen-bond acceptors (Lipinski definition) is 2. The minimum absolute atomic E-state index is 0.354. The maximum absolute atomic E-state index is 12.9. The summed E-state index contributed by atoms with van der Waals surface area (Å²) in [7, 11) is 0. The highest BCUT2D eigenvalue weighted by Gasteiger charge is 2.12. The number of aliphatic hydroxyl groups excluding tert-OH is 1. The Kier molecular flexibility index (Phi) is 2.79. The molecule has 0 saturated heterocycles. The Morgan fingerprint density at radius 3 is 2.47 bits per heavy atom. The number of aliphatic hydroxyl groups is 1. The van der Waals surface area contributed by atoms with Gasteiger partial charge in [0.15, 0.2) is 11.6 Å². The fourth-order valence-corrected chi connectivity index (χ4v) is 1.98. The third-order valence-corrected chi connectivity index (χ3v) is 2.82. The van der Waals surface area contributed by atoms with Crippen molar-refractivity contribution in [3.8, 4) is 0 Å². The lowest BCUT2D eigenvalue weighted by Crippen LogP contribution is -1.99. The number of rotatable bonds is 2. The van der Waals surface area contributed by atoms with E-state index >= 15 is 0 Å². The first-order chi connectivity index (χ1) is 7.18. The zero-order chi connectivity index (χ0) is 10.8. The summed E-state index contributed by atoms with van der Waals surface area (Å²) in [5.74, 6) is -1.85. The van der Waals surface area contributed by atoms with Gasteiger partial charge in [-0.2, -0.15) is 11.3 Å². The van der Waals surface area contributed by atoms with Crippen LogP contribution < -0.4 is 0 Å². The molecular weight excluding hydrogens is 218 g/mol.